The molecule has 168 valence electrons. The van der Waals surface area contributed by atoms with Crippen molar-refractivity contribution in [3.63, 3.8) is 0 Å². The van der Waals surface area contributed by atoms with Gasteiger partial charge in [-0.05, 0) is 90.4 Å². The molecule has 0 bridgehead atoms. The van der Waals surface area contributed by atoms with E-state index < -0.39 is 5.91 Å². The van der Waals surface area contributed by atoms with E-state index in [1.54, 1.807) is 6.08 Å². The van der Waals surface area contributed by atoms with Gasteiger partial charge in [-0.1, -0.05) is 51.8 Å². The summed E-state index contributed by atoms with van der Waals surface area (Å²) < 4.78 is 7.99. The molecule has 0 aromatic heterocycles. The van der Waals surface area contributed by atoms with Crippen LogP contribution < -0.4 is 10.1 Å². The number of nitrogens with one attached hydrogen (secondary N) is 1. The molecule has 1 amide bonds. The maximum atomic E-state index is 12.8. The minimum atomic E-state index is -0.435. The molecule has 3 aromatic carbocycles. The molecular formula is C27H24BrIN2O2. The minimum absolute atomic E-state index is 0.0341. The topological polar surface area (TPSA) is 62.1 Å². The van der Waals surface area contributed by atoms with Gasteiger partial charge in [0.05, 0.1) is 6.61 Å². The molecule has 3 aromatic rings. The monoisotopic (exact) mass is 614 g/mol. The van der Waals surface area contributed by atoms with Gasteiger partial charge >= 0.3 is 0 Å². The number of nitrogens with zero attached hydrogens (tertiary/aromatic N) is 1. The molecule has 0 unspecified atom stereocenters. The Kier molecular flexibility index (Phi) is 8.70. The van der Waals surface area contributed by atoms with Crippen LogP contribution in [0.2, 0.25) is 0 Å². The van der Waals surface area contributed by atoms with Gasteiger partial charge in [0.15, 0.2) is 0 Å². The fourth-order valence-electron chi connectivity index (χ4n) is 3.46. The first-order valence-electron chi connectivity index (χ1n) is 10.5. The van der Waals surface area contributed by atoms with Crippen molar-refractivity contribution in [3.05, 3.63) is 96.0 Å². The van der Waals surface area contributed by atoms with Crippen molar-refractivity contribution in [1.82, 2.24) is 0 Å². The zero-order valence-electron chi connectivity index (χ0n) is 18.7. The van der Waals surface area contributed by atoms with Gasteiger partial charge in [-0.2, -0.15) is 5.26 Å². The number of anilines is 1. The second-order valence-corrected chi connectivity index (χ2v) is 9.64. The number of hydrogen-bond acceptors (Lipinski definition) is 3. The molecule has 1 N–H and O–H groups in total. The third-order valence-electron chi connectivity index (χ3n) is 5.11. The van der Waals surface area contributed by atoms with Gasteiger partial charge in [0, 0.05) is 25.7 Å². The molecular weight excluding hydrogens is 591 g/mol. The molecule has 33 heavy (non-hydrogen) atoms. The maximum absolute atomic E-state index is 12.8. The number of carbonyl (C=O) groups excluding carboxylic acids is 1. The SMILES string of the molecule is CCOc1cc(/C=C(\C#N)C(=O)Nc2ccc(C)cc2C)cc(I)c1Cc1ccccc1Br. The van der Waals surface area contributed by atoms with Gasteiger partial charge in [-0.25, -0.2) is 0 Å². The van der Waals surface area contributed by atoms with Crippen molar-refractivity contribution in [2.75, 3.05) is 11.9 Å². The van der Waals surface area contributed by atoms with E-state index in [0.717, 1.165) is 41.6 Å². The van der Waals surface area contributed by atoms with E-state index in [-0.39, 0.29) is 5.57 Å². The maximum Gasteiger partial charge on any atom is 0.266 e. The van der Waals surface area contributed by atoms with Crippen LogP contribution in [0.15, 0.2) is 64.6 Å². The minimum Gasteiger partial charge on any atom is -0.494 e. The van der Waals surface area contributed by atoms with Crippen molar-refractivity contribution in [2.24, 2.45) is 0 Å². The number of amides is 1. The van der Waals surface area contributed by atoms with Crippen molar-refractivity contribution < 1.29 is 9.53 Å². The Hall–Kier alpha value is -2.63. The fraction of sp³-hybridized carbons (Fsp3) is 0.185. The number of rotatable bonds is 7. The van der Waals surface area contributed by atoms with E-state index >= 15 is 0 Å². The predicted octanol–water partition coefficient (Wildman–Crippen LogP) is 7.21. The van der Waals surface area contributed by atoms with Crippen LogP contribution >= 0.6 is 38.5 Å². The zero-order valence-corrected chi connectivity index (χ0v) is 22.5. The van der Waals surface area contributed by atoms with Gasteiger partial charge in [0.1, 0.15) is 17.4 Å². The molecule has 0 saturated heterocycles. The van der Waals surface area contributed by atoms with Crippen LogP contribution in [0, 0.1) is 28.7 Å². The van der Waals surface area contributed by atoms with Crippen LogP contribution in [-0.2, 0) is 11.2 Å². The van der Waals surface area contributed by atoms with Crippen LogP contribution in [0.5, 0.6) is 5.75 Å². The average Bonchev–Trinajstić information content (AvgIpc) is 2.77. The van der Waals surface area contributed by atoms with E-state index in [9.17, 15) is 10.1 Å². The summed E-state index contributed by atoms with van der Waals surface area (Å²) in [6.07, 6.45) is 2.31. The molecule has 3 rings (SSSR count). The Labute approximate surface area is 216 Å². The summed E-state index contributed by atoms with van der Waals surface area (Å²) in [7, 11) is 0. The molecule has 0 atom stereocenters. The molecule has 0 aliphatic rings. The van der Waals surface area contributed by atoms with Crippen LogP contribution in [0.4, 0.5) is 5.69 Å². The van der Waals surface area contributed by atoms with E-state index in [0.29, 0.717) is 18.7 Å². The number of ether oxygens (including phenoxy) is 1. The fourth-order valence-corrected chi connectivity index (χ4v) is 4.70. The summed E-state index contributed by atoms with van der Waals surface area (Å²) in [5.74, 6) is 0.313. The second-order valence-electron chi connectivity index (χ2n) is 7.62. The summed E-state index contributed by atoms with van der Waals surface area (Å²) in [5.41, 5.74) is 5.76. The second kappa shape index (κ2) is 11.5. The average molecular weight is 615 g/mol. The molecule has 0 radical (unpaired) electrons. The highest BCUT2D eigenvalue weighted by Crippen LogP contribution is 2.32. The van der Waals surface area contributed by atoms with Gasteiger partial charge in [0.2, 0.25) is 0 Å². The molecule has 0 aliphatic carbocycles. The molecule has 4 nitrogen and oxygen atoms in total. The Bertz CT molecular complexity index is 1260. The van der Waals surface area contributed by atoms with E-state index in [1.807, 2.05) is 75.4 Å². The number of nitriles is 1. The number of hydrogen-bond donors (Lipinski definition) is 1. The lowest BCUT2D eigenvalue weighted by Crippen LogP contribution is -2.14. The van der Waals surface area contributed by atoms with E-state index in [1.165, 1.54) is 0 Å². The Morgan fingerprint density at radius 3 is 2.61 bits per heavy atom. The lowest BCUT2D eigenvalue weighted by Gasteiger charge is -2.15. The van der Waals surface area contributed by atoms with E-state index in [4.69, 9.17) is 4.74 Å². The van der Waals surface area contributed by atoms with Crippen LogP contribution in [0.1, 0.15) is 34.7 Å². The first-order valence-corrected chi connectivity index (χ1v) is 12.4. The summed E-state index contributed by atoms with van der Waals surface area (Å²) in [5, 5.41) is 12.5. The lowest BCUT2D eigenvalue weighted by molar-refractivity contribution is -0.112. The number of benzene rings is 3. The van der Waals surface area contributed by atoms with Crippen molar-refractivity contribution in [2.45, 2.75) is 27.2 Å². The highest BCUT2D eigenvalue weighted by Gasteiger charge is 2.15. The molecule has 0 spiro atoms. The van der Waals surface area contributed by atoms with Gasteiger partial charge in [-0.15, -0.1) is 0 Å². The normalized spacial score (nSPS) is 11.1. The third-order valence-corrected chi connectivity index (χ3v) is 6.84. The van der Waals surface area contributed by atoms with Crippen molar-refractivity contribution in [3.8, 4) is 11.8 Å². The molecule has 0 heterocycles. The lowest BCUT2D eigenvalue weighted by atomic mass is 10.0. The van der Waals surface area contributed by atoms with Crippen molar-refractivity contribution in [1.29, 1.82) is 5.26 Å². The third kappa shape index (κ3) is 6.46. The largest absolute Gasteiger partial charge is 0.494 e. The summed E-state index contributed by atoms with van der Waals surface area (Å²) >= 11 is 5.90. The van der Waals surface area contributed by atoms with Gasteiger partial charge in [-0.3, -0.25) is 4.79 Å². The first-order chi connectivity index (χ1) is 15.8. The Morgan fingerprint density at radius 2 is 1.94 bits per heavy atom. The van der Waals surface area contributed by atoms with E-state index in [2.05, 4.69) is 49.9 Å². The van der Waals surface area contributed by atoms with Gasteiger partial charge in [0.25, 0.3) is 5.91 Å². The van der Waals surface area contributed by atoms with Crippen molar-refractivity contribution >= 4 is 56.2 Å². The number of carbonyl (C=O) groups is 1. The summed E-state index contributed by atoms with van der Waals surface area (Å²) in [4.78, 5) is 12.8. The highest BCUT2D eigenvalue weighted by molar-refractivity contribution is 14.1. The summed E-state index contributed by atoms with van der Waals surface area (Å²) in [6.45, 7) is 6.38. The van der Waals surface area contributed by atoms with Crippen LogP contribution in [-0.4, -0.2) is 12.5 Å². The molecule has 0 aliphatic heterocycles. The Balaban J connectivity index is 1.93. The molecule has 0 fully saturated rings. The van der Waals surface area contributed by atoms with Gasteiger partial charge < -0.3 is 10.1 Å². The molecule has 0 saturated carbocycles. The number of halogens is 2. The quantitative estimate of drug-likeness (QED) is 0.174. The Morgan fingerprint density at radius 1 is 1.18 bits per heavy atom. The highest BCUT2D eigenvalue weighted by atomic mass is 127. The summed E-state index contributed by atoms with van der Waals surface area (Å²) in [6, 6.07) is 19.8. The smallest absolute Gasteiger partial charge is 0.266 e. The zero-order chi connectivity index (χ0) is 24.0. The van der Waals surface area contributed by atoms with Crippen LogP contribution in [0.25, 0.3) is 6.08 Å². The molecule has 6 heteroatoms. The predicted molar refractivity (Wildman–Crippen MR) is 145 cm³/mol. The number of aryl methyl sites for hydroxylation is 2. The first kappa shape index (κ1) is 25.0. The standard InChI is InChI=1S/C27H24BrIN2O2/c1-4-33-26-14-19(13-24(29)22(26)15-20-7-5-6-8-23(20)28)12-21(16-30)27(32)31-25-10-9-17(2)11-18(25)3/h5-14H,4,15H2,1-3H3,(H,31,32)/b21-12+. The van der Waals surface area contributed by atoms with Crippen LogP contribution in [0.3, 0.4) is 0 Å².